The molecule has 0 bridgehead atoms. The summed E-state index contributed by atoms with van der Waals surface area (Å²) >= 11 is 0. The van der Waals surface area contributed by atoms with Crippen LogP contribution in [0.1, 0.15) is 59.6 Å². The first-order chi connectivity index (χ1) is 13.5. The van der Waals surface area contributed by atoms with E-state index in [9.17, 15) is 19.8 Å². The number of carbonyl (C=O) groups excluding carboxylic acids is 1. The lowest BCUT2D eigenvalue weighted by Gasteiger charge is -2.26. The molecular weight excluding hydrogens is 354 g/mol. The highest BCUT2D eigenvalue weighted by Crippen LogP contribution is 2.27. The Balaban J connectivity index is 1.69. The Labute approximate surface area is 164 Å². The molecular formula is C23H23NO4. The van der Waals surface area contributed by atoms with Crippen molar-refractivity contribution in [2.75, 3.05) is 0 Å². The van der Waals surface area contributed by atoms with Gasteiger partial charge in [0.25, 0.3) is 5.91 Å². The first-order valence-corrected chi connectivity index (χ1v) is 9.41. The molecule has 1 atom stereocenters. The second kappa shape index (κ2) is 8.73. The van der Waals surface area contributed by atoms with Crippen LogP contribution in [0.4, 0.5) is 0 Å². The highest BCUT2D eigenvalue weighted by atomic mass is 16.4. The molecule has 0 aromatic heterocycles. The van der Waals surface area contributed by atoms with E-state index in [0.717, 1.165) is 19.3 Å². The van der Waals surface area contributed by atoms with E-state index in [1.54, 1.807) is 54.6 Å². The number of aliphatic hydroxyl groups is 1. The molecule has 28 heavy (non-hydrogen) atoms. The Morgan fingerprint density at radius 3 is 2.21 bits per heavy atom. The van der Waals surface area contributed by atoms with E-state index >= 15 is 0 Å². The van der Waals surface area contributed by atoms with Crippen molar-refractivity contribution in [3.8, 4) is 11.8 Å². The summed E-state index contributed by atoms with van der Waals surface area (Å²) in [7, 11) is 0. The first-order valence-electron chi connectivity index (χ1n) is 9.41. The lowest BCUT2D eigenvalue weighted by Crippen LogP contribution is -2.33. The third-order valence-corrected chi connectivity index (χ3v) is 4.92. The number of carboxylic acids is 1. The van der Waals surface area contributed by atoms with E-state index in [4.69, 9.17) is 0 Å². The summed E-state index contributed by atoms with van der Waals surface area (Å²) in [4.78, 5) is 24.0. The maximum Gasteiger partial charge on any atom is 0.330 e. The fourth-order valence-electron chi connectivity index (χ4n) is 3.30. The van der Waals surface area contributed by atoms with Crippen LogP contribution in [-0.4, -0.2) is 27.7 Å². The third kappa shape index (κ3) is 4.99. The molecule has 0 heterocycles. The van der Waals surface area contributed by atoms with Crippen molar-refractivity contribution in [1.29, 1.82) is 0 Å². The Bertz CT molecular complexity index is 888. The van der Waals surface area contributed by atoms with Gasteiger partial charge in [-0.25, -0.2) is 4.79 Å². The fourth-order valence-corrected chi connectivity index (χ4v) is 3.30. The Morgan fingerprint density at radius 2 is 1.61 bits per heavy atom. The Kier molecular flexibility index (Phi) is 6.13. The van der Waals surface area contributed by atoms with Gasteiger partial charge in [-0.2, -0.15) is 0 Å². The highest BCUT2D eigenvalue weighted by Gasteiger charge is 2.26. The average Bonchev–Trinajstić information content (AvgIpc) is 2.72. The molecule has 2 aromatic carbocycles. The minimum absolute atomic E-state index is 0.351. The van der Waals surface area contributed by atoms with Crippen LogP contribution in [0.2, 0.25) is 0 Å². The topological polar surface area (TPSA) is 86.6 Å². The molecule has 144 valence electrons. The predicted octanol–water partition coefficient (Wildman–Crippen LogP) is 3.29. The number of nitrogens with one attached hydrogen (secondary N) is 1. The number of aliphatic carboxylic acids is 1. The average molecular weight is 377 g/mol. The van der Waals surface area contributed by atoms with Crippen molar-refractivity contribution in [2.24, 2.45) is 0 Å². The Hall–Kier alpha value is -3.10. The summed E-state index contributed by atoms with van der Waals surface area (Å²) in [5.41, 5.74) is 0.641. The normalized spacial score (nSPS) is 16.3. The van der Waals surface area contributed by atoms with Gasteiger partial charge in [0, 0.05) is 11.1 Å². The van der Waals surface area contributed by atoms with Gasteiger partial charge in [0.15, 0.2) is 6.04 Å². The number of carboxylic acid groups (broad SMARTS) is 1. The van der Waals surface area contributed by atoms with Gasteiger partial charge < -0.3 is 15.5 Å². The van der Waals surface area contributed by atoms with Crippen LogP contribution in [0.5, 0.6) is 0 Å². The number of carbonyl (C=O) groups is 2. The maximum absolute atomic E-state index is 12.4. The standard InChI is InChI=1S/C23H23NO4/c25-21(24-20(22(26)27)18-7-3-1-4-8-18)19-11-9-17(10-12-19)13-16-23(28)14-5-2-6-15-23/h1,3-4,7-12,20,28H,2,5-6,14-15H2,(H,24,25)(H,26,27)/t20-/m0/s1. The third-order valence-electron chi connectivity index (χ3n) is 4.92. The van der Waals surface area contributed by atoms with Crippen molar-refractivity contribution in [1.82, 2.24) is 5.32 Å². The van der Waals surface area contributed by atoms with Crippen molar-refractivity contribution in [2.45, 2.75) is 43.7 Å². The van der Waals surface area contributed by atoms with Gasteiger partial charge in [0.05, 0.1) is 0 Å². The summed E-state index contributed by atoms with van der Waals surface area (Å²) in [6.45, 7) is 0. The molecule has 1 saturated carbocycles. The van der Waals surface area contributed by atoms with Crippen LogP contribution in [0, 0.1) is 11.8 Å². The molecule has 0 spiro atoms. The summed E-state index contributed by atoms with van der Waals surface area (Å²) in [6.07, 6.45) is 4.48. The number of amides is 1. The van der Waals surface area contributed by atoms with Gasteiger partial charge in [-0.05, 0) is 55.5 Å². The minimum Gasteiger partial charge on any atom is -0.479 e. The molecule has 0 saturated heterocycles. The number of hydrogen-bond acceptors (Lipinski definition) is 3. The Morgan fingerprint density at radius 1 is 0.964 bits per heavy atom. The molecule has 5 heteroatoms. The molecule has 3 rings (SSSR count). The van der Waals surface area contributed by atoms with E-state index in [1.807, 2.05) is 0 Å². The molecule has 1 aliphatic rings. The molecule has 3 N–H and O–H groups in total. The largest absolute Gasteiger partial charge is 0.479 e. The van der Waals surface area contributed by atoms with Crippen molar-refractivity contribution >= 4 is 11.9 Å². The lowest BCUT2D eigenvalue weighted by molar-refractivity contribution is -0.139. The number of rotatable bonds is 4. The van der Waals surface area contributed by atoms with Gasteiger partial charge in [0.2, 0.25) is 0 Å². The van der Waals surface area contributed by atoms with Crippen LogP contribution in [0.25, 0.3) is 0 Å². The molecule has 5 nitrogen and oxygen atoms in total. The quantitative estimate of drug-likeness (QED) is 0.714. The summed E-state index contributed by atoms with van der Waals surface area (Å²) in [5, 5.41) is 22.4. The van der Waals surface area contributed by atoms with Crippen LogP contribution in [0.15, 0.2) is 54.6 Å². The molecule has 2 aromatic rings. The first kappa shape index (κ1) is 19.7. The minimum atomic E-state index is -1.12. The molecule has 1 amide bonds. The summed E-state index contributed by atoms with van der Waals surface area (Å²) in [5.74, 6) is 4.35. The monoisotopic (exact) mass is 377 g/mol. The van der Waals surface area contributed by atoms with Crippen LogP contribution < -0.4 is 5.32 Å². The van der Waals surface area contributed by atoms with Gasteiger partial charge in [-0.3, -0.25) is 4.79 Å². The predicted molar refractivity (Wildman–Crippen MR) is 106 cm³/mol. The zero-order chi connectivity index (χ0) is 20.0. The SMILES string of the molecule is O=C(N[C@H](C(=O)O)c1ccccc1)c1ccc(C#CC2(O)CCCCC2)cc1. The van der Waals surface area contributed by atoms with E-state index < -0.39 is 23.5 Å². The van der Waals surface area contributed by atoms with Crippen molar-refractivity contribution in [3.05, 3.63) is 71.3 Å². The van der Waals surface area contributed by atoms with Crippen molar-refractivity contribution < 1.29 is 19.8 Å². The van der Waals surface area contributed by atoms with Gasteiger partial charge in [-0.1, -0.05) is 48.6 Å². The zero-order valence-electron chi connectivity index (χ0n) is 15.5. The molecule has 1 aliphatic carbocycles. The molecule has 0 aliphatic heterocycles. The molecule has 0 unspecified atom stereocenters. The summed E-state index contributed by atoms with van der Waals surface area (Å²) in [6, 6.07) is 14.1. The maximum atomic E-state index is 12.4. The van der Waals surface area contributed by atoms with E-state index in [2.05, 4.69) is 17.2 Å². The van der Waals surface area contributed by atoms with E-state index in [0.29, 0.717) is 29.5 Å². The van der Waals surface area contributed by atoms with E-state index in [1.165, 1.54) is 0 Å². The van der Waals surface area contributed by atoms with Crippen LogP contribution >= 0.6 is 0 Å². The number of hydrogen-bond donors (Lipinski definition) is 3. The van der Waals surface area contributed by atoms with Gasteiger partial charge in [0.1, 0.15) is 5.60 Å². The smallest absolute Gasteiger partial charge is 0.330 e. The van der Waals surface area contributed by atoms with Crippen LogP contribution in [-0.2, 0) is 4.79 Å². The zero-order valence-corrected chi connectivity index (χ0v) is 15.5. The molecule has 0 radical (unpaired) electrons. The molecule has 1 fully saturated rings. The second-order valence-corrected chi connectivity index (χ2v) is 7.07. The second-order valence-electron chi connectivity index (χ2n) is 7.07. The van der Waals surface area contributed by atoms with Gasteiger partial charge in [-0.15, -0.1) is 0 Å². The fraction of sp³-hybridized carbons (Fsp3) is 0.304. The lowest BCUT2D eigenvalue weighted by atomic mass is 9.85. The number of benzene rings is 2. The van der Waals surface area contributed by atoms with Crippen LogP contribution in [0.3, 0.4) is 0 Å². The van der Waals surface area contributed by atoms with Gasteiger partial charge >= 0.3 is 5.97 Å². The van der Waals surface area contributed by atoms with Crippen molar-refractivity contribution in [3.63, 3.8) is 0 Å². The highest BCUT2D eigenvalue weighted by molar-refractivity contribution is 5.96. The van der Waals surface area contributed by atoms with E-state index in [-0.39, 0.29) is 0 Å². The summed E-state index contributed by atoms with van der Waals surface area (Å²) < 4.78 is 0.